The summed E-state index contributed by atoms with van der Waals surface area (Å²) in [6.45, 7) is 13.5. The van der Waals surface area contributed by atoms with Crippen molar-refractivity contribution in [3.63, 3.8) is 0 Å². The van der Waals surface area contributed by atoms with E-state index in [2.05, 4.69) is 53.7 Å². The van der Waals surface area contributed by atoms with Gasteiger partial charge in [-0.05, 0) is 46.9 Å². The Morgan fingerprint density at radius 1 is 0.955 bits per heavy atom. The lowest BCUT2D eigenvalue weighted by Gasteiger charge is -2.29. The van der Waals surface area contributed by atoms with Crippen molar-refractivity contribution in [1.82, 2.24) is 0 Å². The average molecular weight is 306 g/mol. The van der Waals surface area contributed by atoms with E-state index < -0.39 is 0 Å². The molecule has 0 saturated heterocycles. The van der Waals surface area contributed by atoms with Crippen LogP contribution < -0.4 is 11.5 Å². The molecule has 0 unspecified atom stereocenters. The highest BCUT2D eigenvalue weighted by Gasteiger charge is 2.27. The van der Waals surface area contributed by atoms with Crippen molar-refractivity contribution >= 4 is 0 Å². The molecule has 3 heteroatoms. The van der Waals surface area contributed by atoms with Gasteiger partial charge in [0.05, 0.1) is 0 Å². The third kappa shape index (κ3) is 4.72. The van der Waals surface area contributed by atoms with Crippen molar-refractivity contribution in [3.8, 4) is 5.75 Å². The molecule has 0 heterocycles. The first kappa shape index (κ1) is 19.0. The van der Waals surface area contributed by atoms with Crippen LogP contribution in [-0.2, 0) is 10.8 Å². The minimum atomic E-state index is -0.114. The Morgan fingerprint density at radius 3 is 1.77 bits per heavy atom. The molecule has 126 valence electrons. The van der Waals surface area contributed by atoms with Crippen LogP contribution in [-0.4, -0.2) is 11.7 Å². The Labute approximate surface area is 136 Å². The maximum atomic E-state index is 10.7. The molecule has 0 aromatic heterocycles. The number of benzene rings is 1. The van der Waals surface area contributed by atoms with Crippen molar-refractivity contribution < 1.29 is 5.11 Å². The summed E-state index contributed by atoms with van der Waals surface area (Å²) in [6, 6.07) is 4.16. The van der Waals surface area contributed by atoms with Gasteiger partial charge in [-0.25, -0.2) is 0 Å². The number of phenols is 1. The number of hydrogen-bond donors (Lipinski definition) is 3. The second kappa shape index (κ2) is 7.01. The highest BCUT2D eigenvalue weighted by Crippen LogP contribution is 2.41. The van der Waals surface area contributed by atoms with Gasteiger partial charge in [-0.1, -0.05) is 60.1 Å². The van der Waals surface area contributed by atoms with Crippen LogP contribution >= 0.6 is 0 Å². The van der Waals surface area contributed by atoms with E-state index in [1.165, 1.54) is 0 Å². The Hall–Kier alpha value is -1.06. The lowest BCUT2D eigenvalue weighted by atomic mass is 9.77. The van der Waals surface area contributed by atoms with Gasteiger partial charge in [0, 0.05) is 6.04 Å². The minimum absolute atomic E-state index is 0.00523. The maximum Gasteiger partial charge on any atom is 0.123 e. The van der Waals surface area contributed by atoms with E-state index in [1.807, 2.05) is 0 Å². The van der Waals surface area contributed by atoms with Gasteiger partial charge < -0.3 is 16.6 Å². The first-order chi connectivity index (χ1) is 9.98. The van der Waals surface area contributed by atoms with Gasteiger partial charge in [0.1, 0.15) is 5.75 Å². The molecule has 1 rings (SSSR count). The van der Waals surface area contributed by atoms with Gasteiger partial charge in [-0.3, -0.25) is 0 Å². The van der Waals surface area contributed by atoms with E-state index in [0.717, 1.165) is 36.0 Å². The van der Waals surface area contributed by atoms with E-state index in [4.69, 9.17) is 11.5 Å². The highest BCUT2D eigenvalue weighted by molar-refractivity contribution is 5.50. The Balaban J connectivity index is 3.29. The minimum Gasteiger partial charge on any atom is -0.507 e. The zero-order valence-corrected chi connectivity index (χ0v) is 15.2. The van der Waals surface area contributed by atoms with Crippen LogP contribution in [0.3, 0.4) is 0 Å². The SMILES string of the molecule is CC(C)(C)c1cc([C@@H](N)CCCCN)cc(C(C)(C)C)c1O. The predicted octanol–water partition coefficient (Wildman–Crippen LogP) is 4.12. The van der Waals surface area contributed by atoms with Crippen LogP contribution in [0.1, 0.15) is 83.5 Å². The molecule has 0 radical (unpaired) electrons. The summed E-state index contributed by atoms with van der Waals surface area (Å²) < 4.78 is 0. The van der Waals surface area contributed by atoms with E-state index in [9.17, 15) is 5.11 Å². The van der Waals surface area contributed by atoms with Crippen molar-refractivity contribution in [2.75, 3.05) is 6.54 Å². The Bertz CT molecular complexity index is 460. The Kier molecular flexibility index (Phi) is 6.05. The fourth-order valence-corrected chi connectivity index (χ4v) is 2.69. The summed E-state index contributed by atoms with van der Waals surface area (Å²) in [6.07, 6.45) is 2.97. The van der Waals surface area contributed by atoms with Gasteiger partial charge in [-0.15, -0.1) is 0 Å². The number of phenolic OH excluding ortho intramolecular Hbond substituents is 1. The molecule has 0 aliphatic rings. The summed E-state index contributed by atoms with van der Waals surface area (Å²) in [5, 5.41) is 10.7. The summed E-state index contributed by atoms with van der Waals surface area (Å²) in [4.78, 5) is 0. The van der Waals surface area contributed by atoms with Crippen LogP contribution in [0.25, 0.3) is 0 Å². The molecule has 0 bridgehead atoms. The zero-order valence-electron chi connectivity index (χ0n) is 15.2. The van der Waals surface area contributed by atoms with Crippen LogP contribution in [0.2, 0.25) is 0 Å². The molecular weight excluding hydrogens is 272 g/mol. The smallest absolute Gasteiger partial charge is 0.123 e. The van der Waals surface area contributed by atoms with Crippen LogP contribution in [0.4, 0.5) is 0 Å². The van der Waals surface area contributed by atoms with Crippen LogP contribution in [0.15, 0.2) is 12.1 Å². The largest absolute Gasteiger partial charge is 0.507 e. The summed E-state index contributed by atoms with van der Waals surface area (Å²) >= 11 is 0. The lowest BCUT2D eigenvalue weighted by Crippen LogP contribution is -2.20. The second-order valence-corrected chi connectivity index (χ2v) is 8.36. The quantitative estimate of drug-likeness (QED) is 0.717. The van der Waals surface area contributed by atoms with Gasteiger partial charge in [0.2, 0.25) is 0 Å². The third-order valence-corrected chi connectivity index (χ3v) is 4.15. The van der Waals surface area contributed by atoms with Gasteiger partial charge in [0.15, 0.2) is 0 Å². The standard InChI is InChI=1S/C19H34N2O/c1-18(2,3)14-11-13(16(21)9-7-8-10-20)12-15(17(14)22)19(4,5)6/h11-12,16,22H,7-10,20-21H2,1-6H3/t16-/m0/s1. The van der Waals surface area contributed by atoms with E-state index >= 15 is 0 Å². The molecule has 0 saturated carbocycles. The highest BCUT2D eigenvalue weighted by atomic mass is 16.3. The molecule has 1 aromatic carbocycles. The average Bonchev–Trinajstić information content (AvgIpc) is 2.36. The molecule has 3 nitrogen and oxygen atoms in total. The molecule has 1 aromatic rings. The van der Waals surface area contributed by atoms with Crippen molar-refractivity contribution in [2.24, 2.45) is 11.5 Å². The summed E-state index contributed by atoms with van der Waals surface area (Å²) in [7, 11) is 0. The van der Waals surface area contributed by atoms with Gasteiger partial charge >= 0.3 is 0 Å². The number of unbranched alkanes of at least 4 members (excludes halogenated alkanes) is 1. The number of rotatable bonds is 5. The van der Waals surface area contributed by atoms with E-state index in [-0.39, 0.29) is 16.9 Å². The van der Waals surface area contributed by atoms with Crippen molar-refractivity contribution in [1.29, 1.82) is 0 Å². The zero-order chi connectivity index (χ0) is 17.1. The maximum absolute atomic E-state index is 10.7. The van der Waals surface area contributed by atoms with E-state index in [1.54, 1.807) is 0 Å². The third-order valence-electron chi connectivity index (χ3n) is 4.15. The van der Waals surface area contributed by atoms with Crippen LogP contribution in [0, 0.1) is 0 Å². The molecule has 0 fully saturated rings. The molecule has 0 spiro atoms. The topological polar surface area (TPSA) is 72.3 Å². The van der Waals surface area contributed by atoms with Crippen LogP contribution in [0.5, 0.6) is 5.75 Å². The predicted molar refractivity (Wildman–Crippen MR) is 95.3 cm³/mol. The molecule has 0 aliphatic carbocycles. The summed E-state index contributed by atoms with van der Waals surface area (Å²) in [5.41, 5.74) is 14.8. The molecule has 0 amide bonds. The first-order valence-corrected chi connectivity index (χ1v) is 8.32. The van der Waals surface area contributed by atoms with Crippen molar-refractivity contribution in [3.05, 3.63) is 28.8 Å². The van der Waals surface area contributed by atoms with Gasteiger partial charge in [-0.2, -0.15) is 0 Å². The fraction of sp³-hybridized carbons (Fsp3) is 0.684. The fourth-order valence-electron chi connectivity index (χ4n) is 2.69. The van der Waals surface area contributed by atoms with E-state index in [0.29, 0.717) is 12.3 Å². The van der Waals surface area contributed by atoms with Gasteiger partial charge in [0.25, 0.3) is 0 Å². The monoisotopic (exact) mass is 306 g/mol. The summed E-state index contributed by atoms with van der Waals surface area (Å²) in [5.74, 6) is 0.415. The first-order valence-electron chi connectivity index (χ1n) is 8.32. The second-order valence-electron chi connectivity index (χ2n) is 8.36. The Morgan fingerprint density at radius 2 is 1.41 bits per heavy atom. The normalized spacial score (nSPS) is 14.2. The molecular formula is C19H34N2O. The lowest BCUT2D eigenvalue weighted by molar-refractivity contribution is 0.421. The molecule has 1 atom stereocenters. The molecule has 5 N–H and O–H groups in total. The number of nitrogens with two attached hydrogens (primary N) is 2. The molecule has 0 aliphatic heterocycles. The number of aromatic hydroxyl groups is 1. The molecule has 22 heavy (non-hydrogen) atoms. The van der Waals surface area contributed by atoms with Crippen molar-refractivity contribution in [2.45, 2.75) is 77.7 Å². The number of hydrogen-bond acceptors (Lipinski definition) is 3.